The molecule has 19 heavy (non-hydrogen) atoms. The number of amides is 1. The number of piperidine rings is 1. The number of benzene rings is 1. The fourth-order valence-electron chi connectivity index (χ4n) is 2.86. The third kappa shape index (κ3) is 2.59. The van der Waals surface area contributed by atoms with Crippen LogP contribution in [0.15, 0.2) is 24.3 Å². The Labute approximate surface area is 113 Å². The number of para-hydroxylation sites is 1. The highest BCUT2D eigenvalue weighted by atomic mass is 16.5. The van der Waals surface area contributed by atoms with E-state index in [1.54, 1.807) is 0 Å². The van der Waals surface area contributed by atoms with Crippen molar-refractivity contribution in [2.24, 2.45) is 5.92 Å². The zero-order valence-electron chi connectivity index (χ0n) is 11.2. The quantitative estimate of drug-likeness (QED) is 0.849. The van der Waals surface area contributed by atoms with Crippen molar-refractivity contribution >= 4 is 5.91 Å². The first kappa shape index (κ1) is 12.5. The zero-order valence-corrected chi connectivity index (χ0v) is 11.2. The number of ether oxygens (including phenoxy) is 1. The van der Waals surface area contributed by atoms with E-state index in [4.69, 9.17) is 4.74 Å². The van der Waals surface area contributed by atoms with E-state index in [0.717, 1.165) is 30.7 Å². The largest absolute Gasteiger partial charge is 0.491 e. The minimum Gasteiger partial charge on any atom is -0.491 e. The van der Waals surface area contributed by atoms with Crippen LogP contribution in [0.25, 0.3) is 0 Å². The second kappa shape index (κ2) is 5.21. The van der Waals surface area contributed by atoms with E-state index < -0.39 is 0 Å². The van der Waals surface area contributed by atoms with Crippen LogP contribution in [-0.4, -0.2) is 25.1 Å². The maximum atomic E-state index is 12.3. The number of carbonyl (C=O) groups excluding carboxylic acids is 1. The van der Waals surface area contributed by atoms with E-state index in [9.17, 15) is 4.79 Å². The summed E-state index contributed by atoms with van der Waals surface area (Å²) < 4.78 is 5.59. The predicted molar refractivity (Wildman–Crippen MR) is 73.0 cm³/mol. The standard InChI is InChI=1S/C15H20N2O2/c1-10-6-7-16-12(8-10)15(18)17-13-9-19-14-5-3-2-4-11(13)14/h2-5,10,12-13,16H,6-9H2,1H3,(H,17,18)/t10-,12+,13-/m1/s1. The number of carbonyl (C=O) groups is 1. The van der Waals surface area contributed by atoms with Crippen LogP contribution in [0.5, 0.6) is 5.75 Å². The molecule has 1 saturated heterocycles. The summed E-state index contributed by atoms with van der Waals surface area (Å²) in [6, 6.07) is 7.83. The summed E-state index contributed by atoms with van der Waals surface area (Å²) in [6.45, 7) is 3.67. The Balaban J connectivity index is 1.64. The lowest BCUT2D eigenvalue weighted by molar-refractivity contribution is -0.124. The van der Waals surface area contributed by atoms with Gasteiger partial charge in [0.05, 0.1) is 12.1 Å². The van der Waals surface area contributed by atoms with Crippen molar-refractivity contribution in [3.8, 4) is 5.75 Å². The summed E-state index contributed by atoms with van der Waals surface area (Å²) in [6.07, 6.45) is 2.07. The van der Waals surface area contributed by atoms with Gasteiger partial charge in [0.1, 0.15) is 12.4 Å². The SMILES string of the molecule is C[C@@H]1CCN[C@H](C(=O)N[C@@H]2COc3ccccc32)C1. The third-order valence-corrected chi connectivity index (χ3v) is 4.00. The fourth-order valence-corrected chi connectivity index (χ4v) is 2.86. The molecule has 2 aliphatic rings. The van der Waals surface area contributed by atoms with Crippen LogP contribution in [0.2, 0.25) is 0 Å². The molecular weight excluding hydrogens is 240 g/mol. The van der Waals surface area contributed by atoms with Crippen molar-refractivity contribution in [3.05, 3.63) is 29.8 Å². The number of hydrogen-bond donors (Lipinski definition) is 2. The van der Waals surface area contributed by atoms with Gasteiger partial charge >= 0.3 is 0 Å². The van der Waals surface area contributed by atoms with Crippen LogP contribution in [0.4, 0.5) is 0 Å². The van der Waals surface area contributed by atoms with Crippen LogP contribution >= 0.6 is 0 Å². The molecule has 0 unspecified atom stereocenters. The van der Waals surface area contributed by atoms with Crippen LogP contribution in [0.1, 0.15) is 31.4 Å². The molecule has 102 valence electrons. The zero-order chi connectivity index (χ0) is 13.2. The minimum absolute atomic E-state index is 0.0114. The Morgan fingerprint density at radius 2 is 2.26 bits per heavy atom. The first-order valence-electron chi connectivity index (χ1n) is 6.99. The molecule has 1 aromatic carbocycles. The van der Waals surface area contributed by atoms with Crippen LogP contribution in [0, 0.1) is 5.92 Å². The van der Waals surface area contributed by atoms with Gasteiger partial charge in [0, 0.05) is 5.56 Å². The van der Waals surface area contributed by atoms with Crippen molar-refractivity contribution in [1.29, 1.82) is 0 Å². The average molecular weight is 260 g/mol. The first-order chi connectivity index (χ1) is 9.24. The average Bonchev–Trinajstić information content (AvgIpc) is 2.82. The van der Waals surface area contributed by atoms with Crippen molar-refractivity contribution in [2.75, 3.05) is 13.2 Å². The van der Waals surface area contributed by atoms with Crippen LogP contribution in [0.3, 0.4) is 0 Å². The molecule has 0 aromatic heterocycles. The Morgan fingerprint density at radius 1 is 1.42 bits per heavy atom. The fraction of sp³-hybridized carbons (Fsp3) is 0.533. The van der Waals surface area contributed by atoms with Gasteiger partial charge < -0.3 is 15.4 Å². The van der Waals surface area contributed by atoms with Gasteiger partial charge in [-0.3, -0.25) is 4.79 Å². The molecule has 0 spiro atoms. The number of hydrogen-bond acceptors (Lipinski definition) is 3. The lowest BCUT2D eigenvalue weighted by Crippen LogP contribution is -2.49. The van der Waals surface area contributed by atoms with Crippen LogP contribution in [-0.2, 0) is 4.79 Å². The van der Waals surface area contributed by atoms with Crippen LogP contribution < -0.4 is 15.4 Å². The smallest absolute Gasteiger partial charge is 0.237 e. The van der Waals surface area contributed by atoms with Gasteiger partial charge in [-0.1, -0.05) is 25.1 Å². The Morgan fingerprint density at radius 3 is 3.11 bits per heavy atom. The number of nitrogens with one attached hydrogen (secondary N) is 2. The summed E-state index contributed by atoms with van der Waals surface area (Å²) >= 11 is 0. The third-order valence-electron chi connectivity index (χ3n) is 4.00. The van der Waals surface area contributed by atoms with Crippen molar-refractivity contribution in [1.82, 2.24) is 10.6 Å². The highest BCUT2D eigenvalue weighted by molar-refractivity contribution is 5.82. The van der Waals surface area contributed by atoms with Crippen molar-refractivity contribution in [2.45, 2.75) is 31.8 Å². The van der Waals surface area contributed by atoms with E-state index >= 15 is 0 Å². The first-order valence-corrected chi connectivity index (χ1v) is 6.99. The summed E-state index contributed by atoms with van der Waals surface area (Å²) in [5.74, 6) is 1.60. The second-order valence-corrected chi connectivity index (χ2v) is 5.55. The van der Waals surface area contributed by atoms with Gasteiger partial charge in [-0.25, -0.2) is 0 Å². The Bertz CT molecular complexity index is 475. The minimum atomic E-state index is -0.0588. The van der Waals surface area contributed by atoms with E-state index in [2.05, 4.69) is 17.6 Å². The van der Waals surface area contributed by atoms with E-state index in [1.165, 1.54) is 0 Å². The van der Waals surface area contributed by atoms with Crippen molar-refractivity contribution < 1.29 is 9.53 Å². The predicted octanol–water partition coefficient (Wildman–Crippen LogP) is 1.62. The van der Waals surface area contributed by atoms with E-state index in [-0.39, 0.29) is 18.0 Å². The normalized spacial score (nSPS) is 29.4. The van der Waals surface area contributed by atoms with E-state index in [1.807, 2.05) is 24.3 Å². The summed E-state index contributed by atoms with van der Waals surface area (Å²) in [5, 5.41) is 6.39. The lowest BCUT2D eigenvalue weighted by atomic mass is 9.93. The molecule has 3 rings (SSSR count). The monoisotopic (exact) mass is 260 g/mol. The molecule has 2 N–H and O–H groups in total. The Hall–Kier alpha value is -1.55. The summed E-state index contributed by atoms with van der Waals surface area (Å²) in [4.78, 5) is 12.3. The van der Waals surface area contributed by atoms with Crippen molar-refractivity contribution in [3.63, 3.8) is 0 Å². The molecular formula is C15H20N2O2. The molecule has 2 aliphatic heterocycles. The highest BCUT2D eigenvalue weighted by Gasteiger charge is 2.30. The molecule has 3 atom stereocenters. The highest BCUT2D eigenvalue weighted by Crippen LogP contribution is 2.31. The molecule has 2 heterocycles. The maximum absolute atomic E-state index is 12.3. The molecule has 1 fully saturated rings. The van der Waals surface area contributed by atoms with Gasteiger partial charge in [-0.2, -0.15) is 0 Å². The molecule has 4 heteroatoms. The Kier molecular flexibility index (Phi) is 3.42. The van der Waals surface area contributed by atoms with Gasteiger partial charge in [-0.05, 0) is 31.4 Å². The molecule has 0 aliphatic carbocycles. The molecule has 1 aromatic rings. The maximum Gasteiger partial charge on any atom is 0.237 e. The summed E-state index contributed by atoms with van der Waals surface area (Å²) in [7, 11) is 0. The molecule has 0 bridgehead atoms. The lowest BCUT2D eigenvalue weighted by Gasteiger charge is -2.28. The van der Waals surface area contributed by atoms with Gasteiger partial charge in [0.15, 0.2) is 0 Å². The molecule has 4 nitrogen and oxygen atoms in total. The summed E-state index contributed by atoms with van der Waals surface area (Å²) in [5.41, 5.74) is 1.08. The van der Waals surface area contributed by atoms with Gasteiger partial charge in [-0.15, -0.1) is 0 Å². The second-order valence-electron chi connectivity index (χ2n) is 5.55. The van der Waals surface area contributed by atoms with Gasteiger partial charge in [0.25, 0.3) is 0 Å². The number of rotatable bonds is 2. The molecule has 0 radical (unpaired) electrons. The molecule has 0 saturated carbocycles. The van der Waals surface area contributed by atoms with Gasteiger partial charge in [0.2, 0.25) is 5.91 Å². The van der Waals surface area contributed by atoms with E-state index in [0.29, 0.717) is 12.5 Å². The molecule has 1 amide bonds. The number of fused-ring (bicyclic) bond motifs is 1. The topological polar surface area (TPSA) is 50.4 Å².